The smallest absolute Gasteiger partial charge is 0.182 e. The Labute approximate surface area is 187 Å². The number of fused-ring (bicyclic) bond motifs is 1. The van der Waals surface area contributed by atoms with Crippen molar-refractivity contribution in [2.45, 2.75) is 6.54 Å². The summed E-state index contributed by atoms with van der Waals surface area (Å²) in [4.78, 5) is 4.84. The minimum absolute atomic E-state index is 0.587. The van der Waals surface area contributed by atoms with Crippen molar-refractivity contribution in [3.05, 3.63) is 59.3 Å². The van der Waals surface area contributed by atoms with Crippen molar-refractivity contribution in [3.63, 3.8) is 0 Å². The monoisotopic (exact) mass is 435 g/mol. The number of benzene rings is 1. The van der Waals surface area contributed by atoms with Gasteiger partial charge in [0.25, 0.3) is 0 Å². The van der Waals surface area contributed by atoms with E-state index in [9.17, 15) is 0 Å². The summed E-state index contributed by atoms with van der Waals surface area (Å²) < 4.78 is 1.96. The highest BCUT2D eigenvalue weighted by Gasteiger charge is 2.22. The first kappa shape index (κ1) is 20.2. The van der Waals surface area contributed by atoms with Gasteiger partial charge in [0.15, 0.2) is 5.65 Å². The molecule has 1 saturated heterocycles. The molecular formula is C23H26ClN7. The third-order valence-corrected chi connectivity index (χ3v) is 6.30. The molecule has 0 amide bonds. The van der Waals surface area contributed by atoms with Crippen LogP contribution in [-0.4, -0.2) is 76.1 Å². The van der Waals surface area contributed by atoms with E-state index in [4.69, 9.17) is 16.7 Å². The van der Waals surface area contributed by atoms with Crippen LogP contribution >= 0.6 is 11.6 Å². The van der Waals surface area contributed by atoms with E-state index in [0.717, 1.165) is 73.8 Å². The first-order valence-electron chi connectivity index (χ1n) is 10.7. The van der Waals surface area contributed by atoms with Crippen molar-refractivity contribution in [2.24, 2.45) is 0 Å². The molecule has 0 saturated carbocycles. The lowest BCUT2D eigenvalue weighted by atomic mass is 10.1. The number of aromatic nitrogens is 4. The standard InChI is InChI=1S/C23H26ClN7/c1-29-11-13-30(14-12-29)15-16-31-23-19(21(28-31)17-7-3-2-4-8-17)20(24)22(26-27-23)18-9-5-6-10-25-18/h2-9,25H,10-16H2,1H3. The Bertz CT molecular complexity index is 1130. The molecule has 0 radical (unpaired) electrons. The number of hydrogen-bond donors (Lipinski definition) is 1. The highest BCUT2D eigenvalue weighted by molar-refractivity contribution is 6.37. The van der Waals surface area contributed by atoms with Gasteiger partial charge in [-0.2, -0.15) is 5.10 Å². The third kappa shape index (κ3) is 4.08. The van der Waals surface area contributed by atoms with Gasteiger partial charge in [0.05, 0.1) is 22.7 Å². The Kier molecular flexibility index (Phi) is 5.72. The predicted octanol–water partition coefficient (Wildman–Crippen LogP) is 2.89. The fraction of sp³-hybridized carbons (Fsp3) is 0.348. The molecule has 2 aliphatic rings. The van der Waals surface area contributed by atoms with E-state index in [1.165, 1.54) is 0 Å². The molecule has 160 valence electrons. The number of nitrogens with one attached hydrogen (secondary N) is 1. The molecule has 8 heteroatoms. The Morgan fingerprint density at radius 1 is 1.00 bits per heavy atom. The Balaban J connectivity index is 1.54. The molecule has 5 rings (SSSR count). The van der Waals surface area contributed by atoms with Gasteiger partial charge in [-0.3, -0.25) is 4.90 Å². The van der Waals surface area contributed by atoms with Gasteiger partial charge < -0.3 is 10.2 Å². The van der Waals surface area contributed by atoms with Crippen molar-refractivity contribution in [1.82, 2.24) is 35.1 Å². The number of likely N-dealkylation sites (N-methyl/N-ethyl adjacent to an activating group) is 1. The molecule has 1 aromatic carbocycles. The van der Waals surface area contributed by atoms with Gasteiger partial charge in [0.1, 0.15) is 11.4 Å². The van der Waals surface area contributed by atoms with Crippen LogP contribution in [-0.2, 0) is 6.54 Å². The normalized spacial score (nSPS) is 17.7. The number of hydrogen-bond acceptors (Lipinski definition) is 6. The molecular weight excluding hydrogens is 410 g/mol. The zero-order valence-corrected chi connectivity index (χ0v) is 18.4. The molecule has 2 aliphatic heterocycles. The Morgan fingerprint density at radius 2 is 1.81 bits per heavy atom. The quantitative estimate of drug-likeness (QED) is 0.665. The van der Waals surface area contributed by atoms with E-state index in [1.54, 1.807) is 0 Å². The van der Waals surface area contributed by atoms with Gasteiger partial charge in [-0.05, 0) is 13.1 Å². The molecule has 1 N–H and O–H groups in total. The van der Waals surface area contributed by atoms with Crippen molar-refractivity contribution in [2.75, 3.05) is 46.3 Å². The number of halogens is 1. The summed E-state index contributed by atoms with van der Waals surface area (Å²) in [5.41, 5.74) is 4.15. The Morgan fingerprint density at radius 3 is 2.55 bits per heavy atom. The van der Waals surface area contributed by atoms with Crippen LogP contribution in [0.3, 0.4) is 0 Å². The molecule has 0 aliphatic carbocycles. The largest absolute Gasteiger partial charge is 0.380 e. The summed E-state index contributed by atoms with van der Waals surface area (Å²) >= 11 is 6.93. The van der Waals surface area contributed by atoms with Crippen LogP contribution in [0.1, 0.15) is 5.69 Å². The summed E-state index contributed by atoms with van der Waals surface area (Å²) in [6.07, 6.45) is 6.03. The first-order chi connectivity index (χ1) is 15.2. The highest BCUT2D eigenvalue weighted by Crippen LogP contribution is 2.35. The van der Waals surface area contributed by atoms with Crippen LogP contribution in [0.5, 0.6) is 0 Å². The number of allylic oxidation sites excluding steroid dienone is 2. The first-order valence-corrected chi connectivity index (χ1v) is 11.1. The summed E-state index contributed by atoms with van der Waals surface area (Å²) in [6, 6.07) is 10.2. The summed E-state index contributed by atoms with van der Waals surface area (Å²) in [7, 11) is 2.17. The number of rotatable bonds is 5. The van der Waals surface area contributed by atoms with Crippen LogP contribution in [0, 0.1) is 0 Å². The van der Waals surface area contributed by atoms with Gasteiger partial charge in [0, 0.05) is 44.8 Å². The molecule has 7 nitrogen and oxygen atoms in total. The second-order valence-electron chi connectivity index (χ2n) is 8.03. The van der Waals surface area contributed by atoms with Crippen molar-refractivity contribution in [3.8, 4) is 11.3 Å². The lowest BCUT2D eigenvalue weighted by molar-refractivity contribution is 0.149. The average molecular weight is 436 g/mol. The Hall–Kier alpha value is -2.74. The SMILES string of the molecule is CN1CCN(CCn2nc(-c3ccccc3)c3c(Cl)c(C4=CC=CCN4)nnc32)CC1. The van der Waals surface area contributed by atoms with Gasteiger partial charge >= 0.3 is 0 Å². The van der Waals surface area contributed by atoms with E-state index < -0.39 is 0 Å². The molecule has 0 spiro atoms. The molecule has 1 fully saturated rings. The van der Waals surface area contributed by atoms with Crippen molar-refractivity contribution < 1.29 is 0 Å². The summed E-state index contributed by atoms with van der Waals surface area (Å²) in [6.45, 7) is 6.77. The lowest BCUT2D eigenvalue weighted by Gasteiger charge is -2.32. The van der Waals surface area contributed by atoms with Gasteiger partial charge in [-0.15, -0.1) is 10.2 Å². The van der Waals surface area contributed by atoms with Crippen LogP contribution in [0.4, 0.5) is 0 Å². The van der Waals surface area contributed by atoms with Crippen molar-refractivity contribution in [1.29, 1.82) is 0 Å². The topological polar surface area (TPSA) is 62.1 Å². The number of piperazine rings is 1. The van der Waals surface area contributed by atoms with E-state index >= 15 is 0 Å². The van der Waals surface area contributed by atoms with Crippen LogP contribution in [0.2, 0.25) is 5.02 Å². The predicted molar refractivity (Wildman–Crippen MR) is 125 cm³/mol. The zero-order chi connectivity index (χ0) is 21.2. The summed E-state index contributed by atoms with van der Waals surface area (Å²) in [5.74, 6) is 0. The number of nitrogens with zero attached hydrogens (tertiary/aromatic N) is 6. The second kappa shape index (κ2) is 8.78. The van der Waals surface area contributed by atoms with Gasteiger partial charge in [-0.1, -0.05) is 54.1 Å². The fourth-order valence-corrected chi connectivity index (χ4v) is 4.39. The minimum Gasteiger partial charge on any atom is -0.380 e. The highest BCUT2D eigenvalue weighted by atomic mass is 35.5. The van der Waals surface area contributed by atoms with Gasteiger partial charge in [-0.25, -0.2) is 4.68 Å². The fourth-order valence-electron chi connectivity index (χ4n) is 4.07. The van der Waals surface area contributed by atoms with Crippen LogP contribution < -0.4 is 5.32 Å². The molecule has 4 heterocycles. The van der Waals surface area contributed by atoms with E-state index in [0.29, 0.717) is 10.7 Å². The average Bonchev–Trinajstić information content (AvgIpc) is 3.20. The van der Waals surface area contributed by atoms with Crippen LogP contribution in [0.25, 0.3) is 28.0 Å². The molecule has 31 heavy (non-hydrogen) atoms. The molecule has 0 atom stereocenters. The van der Waals surface area contributed by atoms with E-state index in [2.05, 4.69) is 50.6 Å². The molecule has 2 aromatic heterocycles. The van der Waals surface area contributed by atoms with Gasteiger partial charge in [0.2, 0.25) is 0 Å². The number of dihydropyridines is 1. The zero-order valence-electron chi connectivity index (χ0n) is 17.6. The third-order valence-electron chi connectivity index (χ3n) is 5.93. The van der Waals surface area contributed by atoms with Crippen molar-refractivity contribution >= 4 is 28.3 Å². The minimum atomic E-state index is 0.587. The maximum absolute atomic E-state index is 6.93. The second-order valence-corrected chi connectivity index (χ2v) is 8.41. The maximum Gasteiger partial charge on any atom is 0.182 e. The van der Waals surface area contributed by atoms with E-state index in [1.807, 2.05) is 35.0 Å². The molecule has 0 unspecified atom stereocenters. The lowest BCUT2D eigenvalue weighted by Crippen LogP contribution is -2.45. The molecule has 0 bridgehead atoms. The molecule has 3 aromatic rings. The van der Waals surface area contributed by atoms with E-state index in [-0.39, 0.29) is 0 Å². The van der Waals surface area contributed by atoms with Crippen LogP contribution in [0.15, 0.2) is 48.6 Å². The maximum atomic E-state index is 6.93. The summed E-state index contributed by atoms with van der Waals surface area (Å²) in [5, 5.41) is 18.8.